The molecule has 0 fully saturated rings. The second-order valence-electron chi connectivity index (χ2n) is 3.67. The monoisotopic (exact) mass is 240 g/mol. The zero-order valence-electron chi connectivity index (χ0n) is 9.44. The Hall–Kier alpha value is -1.82. The summed E-state index contributed by atoms with van der Waals surface area (Å²) in [6.45, 7) is 1.21. The molecule has 1 rings (SSSR count). The Morgan fingerprint density at radius 2 is 2.12 bits per heavy atom. The first-order valence-electron chi connectivity index (χ1n) is 5.40. The van der Waals surface area contributed by atoms with Crippen molar-refractivity contribution < 1.29 is 19.1 Å². The van der Waals surface area contributed by atoms with Crippen LogP contribution in [-0.2, 0) is 11.3 Å². The molecule has 0 saturated heterocycles. The van der Waals surface area contributed by atoms with Crippen molar-refractivity contribution in [2.45, 2.75) is 25.8 Å². The van der Waals surface area contributed by atoms with Crippen molar-refractivity contribution in [2.24, 2.45) is 5.73 Å². The fourth-order valence-corrected chi connectivity index (χ4v) is 1.35. The Bertz CT molecular complexity index is 387. The smallest absolute Gasteiger partial charge is 0.371 e. The fourth-order valence-electron chi connectivity index (χ4n) is 1.35. The molecule has 0 aliphatic carbocycles. The van der Waals surface area contributed by atoms with E-state index in [4.69, 9.17) is 15.3 Å². The van der Waals surface area contributed by atoms with E-state index in [0.29, 0.717) is 18.7 Å². The molecule has 0 aliphatic heterocycles. The summed E-state index contributed by atoms with van der Waals surface area (Å²) in [5.74, 6) is -0.840. The lowest BCUT2D eigenvalue weighted by Crippen LogP contribution is -2.15. The lowest BCUT2D eigenvalue weighted by atomic mass is 10.2. The number of carbonyl (C=O) groups is 2. The number of furan rings is 1. The Labute approximate surface area is 98.8 Å². The summed E-state index contributed by atoms with van der Waals surface area (Å²) in [6.07, 6.45) is 1.99. The Morgan fingerprint density at radius 1 is 1.35 bits per heavy atom. The van der Waals surface area contributed by atoms with E-state index < -0.39 is 5.97 Å². The molecule has 0 unspecified atom stereocenters. The van der Waals surface area contributed by atoms with Gasteiger partial charge in [-0.25, -0.2) is 4.79 Å². The zero-order chi connectivity index (χ0) is 12.7. The third-order valence-electron chi connectivity index (χ3n) is 2.20. The van der Waals surface area contributed by atoms with Crippen LogP contribution in [-0.4, -0.2) is 23.5 Å². The minimum atomic E-state index is -1.07. The fraction of sp³-hybridized carbons (Fsp3) is 0.455. The van der Waals surface area contributed by atoms with Crippen molar-refractivity contribution in [3.63, 3.8) is 0 Å². The third-order valence-corrected chi connectivity index (χ3v) is 2.20. The normalized spacial score (nSPS) is 10.4. The highest BCUT2D eigenvalue weighted by Gasteiger charge is 2.07. The van der Waals surface area contributed by atoms with Crippen LogP contribution < -0.4 is 11.1 Å². The standard InChI is InChI=1S/C11H16N2O4/c12-10(14)3-1-2-6-13-7-8-4-5-9(17-8)11(15)16/h4-5,13H,1-3,6-7H2,(H2,12,14)(H,15,16). The van der Waals surface area contributed by atoms with Crippen molar-refractivity contribution in [1.29, 1.82) is 0 Å². The lowest BCUT2D eigenvalue weighted by Gasteiger charge is -2.01. The summed E-state index contributed by atoms with van der Waals surface area (Å²) in [4.78, 5) is 21.0. The molecule has 0 bridgehead atoms. The van der Waals surface area contributed by atoms with E-state index in [2.05, 4.69) is 5.32 Å². The zero-order valence-corrected chi connectivity index (χ0v) is 9.44. The van der Waals surface area contributed by atoms with Crippen LogP contribution in [0.2, 0.25) is 0 Å². The highest BCUT2D eigenvalue weighted by molar-refractivity contribution is 5.84. The number of hydrogen-bond acceptors (Lipinski definition) is 4. The van der Waals surface area contributed by atoms with Crippen LogP contribution in [0, 0.1) is 0 Å². The van der Waals surface area contributed by atoms with Gasteiger partial charge in [0.05, 0.1) is 6.54 Å². The van der Waals surface area contributed by atoms with Gasteiger partial charge in [0, 0.05) is 6.42 Å². The molecular formula is C11H16N2O4. The van der Waals surface area contributed by atoms with Crippen LogP contribution >= 0.6 is 0 Å². The second kappa shape index (κ2) is 6.70. The van der Waals surface area contributed by atoms with E-state index in [1.54, 1.807) is 6.07 Å². The predicted molar refractivity (Wildman–Crippen MR) is 60.4 cm³/mol. The maximum absolute atomic E-state index is 10.5. The molecule has 0 radical (unpaired) electrons. The van der Waals surface area contributed by atoms with Gasteiger partial charge in [0.15, 0.2) is 0 Å². The quantitative estimate of drug-likeness (QED) is 0.581. The molecule has 1 aromatic heterocycles. The average molecular weight is 240 g/mol. The highest BCUT2D eigenvalue weighted by atomic mass is 16.4. The SMILES string of the molecule is NC(=O)CCCCNCc1ccc(C(=O)O)o1. The van der Waals surface area contributed by atoms with E-state index in [1.807, 2.05) is 0 Å². The maximum Gasteiger partial charge on any atom is 0.371 e. The van der Waals surface area contributed by atoms with Gasteiger partial charge in [-0.2, -0.15) is 0 Å². The van der Waals surface area contributed by atoms with Crippen LogP contribution in [0.4, 0.5) is 0 Å². The largest absolute Gasteiger partial charge is 0.475 e. The summed E-state index contributed by atoms with van der Waals surface area (Å²) in [6, 6.07) is 3.05. The molecule has 0 aliphatic rings. The predicted octanol–water partition coefficient (Wildman–Crippen LogP) is 0.723. The van der Waals surface area contributed by atoms with Gasteiger partial charge in [-0.1, -0.05) is 0 Å². The number of carboxylic acid groups (broad SMARTS) is 1. The minimum absolute atomic E-state index is 0.0597. The van der Waals surface area contributed by atoms with Crippen LogP contribution in [0.1, 0.15) is 35.6 Å². The number of carboxylic acids is 1. The van der Waals surface area contributed by atoms with Gasteiger partial charge in [0.2, 0.25) is 11.7 Å². The van der Waals surface area contributed by atoms with Gasteiger partial charge in [-0.05, 0) is 31.5 Å². The molecule has 0 aromatic carbocycles. The molecule has 94 valence electrons. The topological polar surface area (TPSA) is 106 Å². The Morgan fingerprint density at radius 3 is 2.71 bits per heavy atom. The summed E-state index contributed by atoms with van der Waals surface area (Å²) >= 11 is 0. The Kier molecular flexibility index (Phi) is 5.22. The molecule has 1 amide bonds. The first-order valence-corrected chi connectivity index (χ1v) is 5.40. The molecule has 1 heterocycles. The molecule has 6 heteroatoms. The molecule has 6 nitrogen and oxygen atoms in total. The van der Waals surface area contributed by atoms with Crippen molar-refractivity contribution in [3.05, 3.63) is 23.7 Å². The molecule has 0 spiro atoms. The molecule has 17 heavy (non-hydrogen) atoms. The first-order chi connectivity index (χ1) is 8.09. The summed E-state index contributed by atoms with van der Waals surface area (Å²) in [5.41, 5.74) is 5.00. The van der Waals surface area contributed by atoms with Gasteiger partial charge in [-0.15, -0.1) is 0 Å². The number of nitrogens with one attached hydrogen (secondary N) is 1. The number of unbranched alkanes of at least 4 members (excludes halogenated alkanes) is 1. The molecule has 0 saturated carbocycles. The van der Waals surface area contributed by atoms with Gasteiger partial charge >= 0.3 is 5.97 Å². The molecule has 0 atom stereocenters. The van der Waals surface area contributed by atoms with Crippen LogP contribution in [0.5, 0.6) is 0 Å². The van der Waals surface area contributed by atoms with Crippen LogP contribution in [0.25, 0.3) is 0 Å². The number of aromatic carboxylic acids is 1. The second-order valence-corrected chi connectivity index (χ2v) is 3.67. The van der Waals surface area contributed by atoms with Crippen LogP contribution in [0.15, 0.2) is 16.5 Å². The van der Waals surface area contributed by atoms with E-state index in [1.165, 1.54) is 6.07 Å². The van der Waals surface area contributed by atoms with Crippen molar-refractivity contribution in [2.75, 3.05) is 6.54 Å². The number of hydrogen-bond donors (Lipinski definition) is 3. The third kappa shape index (κ3) is 5.17. The summed E-state index contributed by atoms with van der Waals surface area (Å²) < 4.78 is 5.05. The average Bonchev–Trinajstić information content (AvgIpc) is 2.71. The maximum atomic E-state index is 10.5. The van der Waals surface area contributed by atoms with Crippen molar-refractivity contribution >= 4 is 11.9 Å². The summed E-state index contributed by atoms with van der Waals surface area (Å²) in [5, 5.41) is 11.7. The number of carbonyl (C=O) groups excluding carboxylic acids is 1. The molecule has 1 aromatic rings. The van der Waals surface area contributed by atoms with E-state index in [0.717, 1.165) is 19.4 Å². The van der Waals surface area contributed by atoms with Gasteiger partial charge in [0.1, 0.15) is 5.76 Å². The van der Waals surface area contributed by atoms with Gasteiger partial charge < -0.3 is 20.6 Å². The highest BCUT2D eigenvalue weighted by Crippen LogP contribution is 2.07. The number of primary amides is 1. The first kappa shape index (κ1) is 13.2. The van der Waals surface area contributed by atoms with E-state index in [9.17, 15) is 9.59 Å². The Balaban J connectivity index is 2.13. The molecular weight excluding hydrogens is 224 g/mol. The van der Waals surface area contributed by atoms with Gasteiger partial charge in [0.25, 0.3) is 0 Å². The van der Waals surface area contributed by atoms with E-state index >= 15 is 0 Å². The van der Waals surface area contributed by atoms with Crippen molar-refractivity contribution in [1.82, 2.24) is 5.32 Å². The summed E-state index contributed by atoms with van der Waals surface area (Å²) in [7, 11) is 0. The van der Waals surface area contributed by atoms with E-state index in [-0.39, 0.29) is 11.7 Å². The van der Waals surface area contributed by atoms with Crippen molar-refractivity contribution in [3.8, 4) is 0 Å². The van der Waals surface area contributed by atoms with Gasteiger partial charge in [-0.3, -0.25) is 4.79 Å². The van der Waals surface area contributed by atoms with Crippen LogP contribution in [0.3, 0.4) is 0 Å². The number of nitrogens with two attached hydrogens (primary N) is 1. The lowest BCUT2D eigenvalue weighted by molar-refractivity contribution is -0.118. The number of rotatable bonds is 8. The molecule has 4 N–H and O–H groups in total. The number of amides is 1. The minimum Gasteiger partial charge on any atom is -0.475 e.